The number of hydrogen-bond acceptors (Lipinski definition) is 14. The number of phenols is 2. The summed E-state index contributed by atoms with van der Waals surface area (Å²) in [7, 11) is 0. The van der Waals surface area contributed by atoms with Crippen molar-refractivity contribution in [3.05, 3.63) is 191 Å². The predicted octanol–water partition coefficient (Wildman–Crippen LogP) is 7.44. The number of aromatic hydroxyl groups is 2. The fourth-order valence-electron chi connectivity index (χ4n) is 7.11. The van der Waals surface area contributed by atoms with Crippen LogP contribution in [0.2, 0.25) is 0 Å². The molecule has 2 N–H and O–H groups in total. The van der Waals surface area contributed by atoms with E-state index in [1.165, 1.54) is 66.7 Å². The number of ketones is 1. The molecule has 1 unspecified atom stereocenters. The van der Waals surface area contributed by atoms with E-state index in [9.17, 15) is 34.2 Å². The van der Waals surface area contributed by atoms with Crippen molar-refractivity contribution in [1.82, 2.24) is 0 Å². The molecular formula is C49H38O14. The number of Topliss-reactive ketones (excluding diaryl/α,β-unsaturated/α-hetero) is 1. The number of hydrogen-bond donors (Lipinski definition) is 2. The van der Waals surface area contributed by atoms with Crippen molar-refractivity contribution in [3.63, 3.8) is 0 Å². The number of carbonyl (C=O) groups excluding carboxylic acids is 5. The van der Waals surface area contributed by atoms with Crippen molar-refractivity contribution in [2.45, 2.75) is 43.2 Å². The van der Waals surface area contributed by atoms with Gasteiger partial charge in [0.25, 0.3) is 0 Å². The Kier molecular flexibility index (Phi) is 12.4. The minimum atomic E-state index is -1.75. The molecule has 2 aliphatic heterocycles. The van der Waals surface area contributed by atoms with Crippen molar-refractivity contribution in [2.75, 3.05) is 6.61 Å². The smallest absolute Gasteiger partial charge is 0.338 e. The molecule has 6 aromatic rings. The van der Waals surface area contributed by atoms with Gasteiger partial charge in [0, 0.05) is 12.1 Å². The topological polar surface area (TPSA) is 190 Å². The first kappa shape index (κ1) is 41.8. The molecule has 0 radical (unpaired) electrons. The number of benzene rings is 6. The number of carbonyl (C=O) groups is 5. The highest BCUT2D eigenvalue weighted by Crippen LogP contribution is 2.43. The van der Waals surface area contributed by atoms with Crippen molar-refractivity contribution >= 4 is 29.7 Å². The van der Waals surface area contributed by atoms with Crippen LogP contribution in [-0.2, 0) is 23.7 Å². The number of phenolic OH excluding ortho intramolecular Hbond substituents is 2. The predicted molar refractivity (Wildman–Crippen MR) is 221 cm³/mol. The van der Waals surface area contributed by atoms with Crippen molar-refractivity contribution < 1.29 is 67.3 Å². The van der Waals surface area contributed by atoms with Crippen LogP contribution >= 0.6 is 0 Å². The summed E-state index contributed by atoms with van der Waals surface area (Å²) in [5.41, 5.74) is 0.978. The Balaban J connectivity index is 1.20. The molecule has 2 aliphatic rings. The lowest BCUT2D eigenvalue weighted by Crippen LogP contribution is -2.63. The third-order valence-electron chi connectivity index (χ3n) is 10.2. The Morgan fingerprint density at radius 3 is 1.57 bits per heavy atom. The highest BCUT2D eigenvalue weighted by atomic mass is 16.7. The summed E-state index contributed by atoms with van der Waals surface area (Å²) in [5, 5.41) is 21.0. The van der Waals surface area contributed by atoms with E-state index >= 15 is 0 Å². The van der Waals surface area contributed by atoms with Gasteiger partial charge in [-0.1, -0.05) is 84.9 Å². The minimum Gasteiger partial charge on any atom is -0.508 e. The SMILES string of the molecule is O=C(OC[C@H]1O[C@@H](Oc2cc(O)c3c(c2)OC(c2ccc(O)cc2)CC3=O)[C@H](OC(=O)c2ccccc2)[C@@H](OC(=O)c2ccccc2)[C@@H]1OC(=O)c1ccccc1)c1ccccc1. The van der Waals surface area contributed by atoms with Crippen LogP contribution in [0.5, 0.6) is 23.0 Å². The summed E-state index contributed by atoms with van der Waals surface area (Å²) in [6.45, 7) is -0.597. The van der Waals surface area contributed by atoms with E-state index in [1.807, 2.05) is 0 Å². The van der Waals surface area contributed by atoms with Crippen LogP contribution in [-0.4, -0.2) is 77.2 Å². The van der Waals surface area contributed by atoms with Gasteiger partial charge >= 0.3 is 23.9 Å². The maximum atomic E-state index is 14.0. The van der Waals surface area contributed by atoms with E-state index in [4.69, 9.17) is 33.2 Å². The van der Waals surface area contributed by atoms with Gasteiger partial charge in [0.05, 0.1) is 28.7 Å². The summed E-state index contributed by atoms with van der Waals surface area (Å²) >= 11 is 0. The average Bonchev–Trinajstić information content (AvgIpc) is 3.31. The van der Waals surface area contributed by atoms with Gasteiger partial charge in [-0.05, 0) is 66.2 Å². The molecule has 6 aromatic carbocycles. The van der Waals surface area contributed by atoms with Gasteiger partial charge in [-0.15, -0.1) is 0 Å². The molecule has 2 heterocycles. The van der Waals surface area contributed by atoms with E-state index in [0.29, 0.717) is 5.56 Å². The largest absolute Gasteiger partial charge is 0.508 e. The molecule has 14 heteroatoms. The molecule has 63 heavy (non-hydrogen) atoms. The molecule has 0 saturated carbocycles. The fourth-order valence-corrected chi connectivity index (χ4v) is 7.11. The van der Waals surface area contributed by atoms with Crippen LogP contribution in [0.3, 0.4) is 0 Å². The normalized spacial score (nSPS) is 20.2. The standard InChI is InChI=1S/C49H38O14/c50-34-23-21-29(22-24-34)38-27-37(52)41-36(51)25-35(26-39(41)59-38)58-49-44(63-48(56)33-19-11-4-12-20-33)43(62-47(55)32-17-9-3-10-18-32)42(61-46(54)31-15-7-2-8-16-31)40(60-49)28-57-45(53)30-13-5-1-6-14-30/h1-26,38,40,42-44,49-51H,27-28H2/t38?,40-,42-,43+,44-,49-/m1/s1. The fraction of sp³-hybridized carbons (Fsp3) is 0.163. The molecule has 8 rings (SSSR count). The highest BCUT2D eigenvalue weighted by Gasteiger charge is 2.54. The Morgan fingerprint density at radius 1 is 0.571 bits per heavy atom. The average molecular weight is 851 g/mol. The molecule has 0 aliphatic carbocycles. The molecule has 14 nitrogen and oxygen atoms in total. The zero-order valence-electron chi connectivity index (χ0n) is 33.2. The van der Waals surface area contributed by atoms with E-state index in [1.54, 1.807) is 84.9 Å². The summed E-state index contributed by atoms with van der Waals surface area (Å²) in [6, 6.07) is 40.4. The van der Waals surface area contributed by atoms with E-state index in [0.717, 1.165) is 6.07 Å². The van der Waals surface area contributed by atoms with Gasteiger partial charge < -0.3 is 43.4 Å². The van der Waals surface area contributed by atoms with Crippen LogP contribution in [0, 0.1) is 0 Å². The summed E-state index contributed by atoms with van der Waals surface area (Å²) in [4.78, 5) is 68.4. The lowest BCUT2D eigenvalue weighted by atomic mass is 9.95. The van der Waals surface area contributed by atoms with Gasteiger partial charge in [-0.3, -0.25) is 4.79 Å². The maximum Gasteiger partial charge on any atom is 0.338 e. The Hall–Kier alpha value is -7.97. The number of ether oxygens (including phenoxy) is 7. The molecule has 6 atom stereocenters. The van der Waals surface area contributed by atoms with Crippen LogP contribution < -0.4 is 9.47 Å². The van der Waals surface area contributed by atoms with Crippen molar-refractivity contribution in [2.24, 2.45) is 0 Å². The Labute approximate surface area is 360 Å². The molecule has 318 valence electrons. The van der Waals surface area contributed by atoms with Gasteiger partial charge in [0.2, 0.25) is 12.4 Å². The van der Waals surface area contributed by atoms with E-state index < -0.39 is 78.8 Å². The van der Waals surface area contributed by atoms with Crippen LogP contribution in [0.15, 0.2) is 158 Å². The third kappa shape index (κ3) is 9.66. The van der Waals surface area contributed by atoms with Crippen LogP contribution in [0.1, 0.15) is 69.9 Å². The molecule has 0 spiro atoms. The quantitative estimate of drug-likeness (QED) is 0.0912. The zero-order chi connectivity index (χ0) is 43.9. The molecule has 1 saturated heterocycles. The van der Waals surface area contributed by atoms with Gasteiger partial charge in [-0.25, -0.2) is 19.2 Å². The molecule has 0 aromatic heterocycles. The van der Waals surface area contributed by atoms with Crippen molar-refractivity contribution in [3.8, 4) is 23.0 Å². The summed E-state index contributed by atoms with van der Waals surface area (Å²) in [6.07, 6.45) is -9.18. The van der Waals surface area contributed by atoms with Gasteiger partial charge in [0.1, 0.15) is 47.4 Å². The lowest BCUT2D eigenvalue weighted by molar-refractivity contribution is -0.275. The third-order valence-corrected chi connectivity index (χ3v) is 10.2. The zero-order valence-corrected chi connectivity index (χ0v) is 33.2. The molecular weight excluding hydrogens is 813 g/mol. The van der Waals surface area contributed by atoms with E-state index in [2.05, 4.69) is 0 Å². The first-order valence-electron chi connectivity index (χ1n) is 19.8. The minimum absolute atomic E-state index is 0.0163. The second kappa shape index (κ2) is 18.7. The lowest BCUT2D eigenvalue weighted by Gasteiger charge is -2.44. The highest BCUT2D eigenvalue weighted by molar-refractivity contribution is 6.02. The monoisotopic (exact) mass is 850 g/mol. The van der Waals surface area contributed by atoms with Gasteiger partial charge in [-0.2, -0.15) is 0 Å². The summed E-state index contributed by atoms with van der Waals surface area (Å²) in [5.74, 6) is -4.56. The number of esters is 4. The number of rotatable bonds is 12. The second-order valence-corrected chi connectivity index (χ2v) is 14.5. The number of fused-ring (bicyclic) bond motifs is 1. The first-order chi connectivity index (χ1) is 30.6. The van der Waals surface area contributed by atoms with Crippen LogP contribution in [0.25, 0.3) is 0 Å². The molecule has 1 fully saturated rings. The van der Waals surface area contributed by atoms with Gasteiger partial charge in [0.15, 0.2) is 18.0 Å². The molecule has 0 bridgehead atoms. The second-order valence-electron chi connectivity index (χ2n) is 14.5. The summed E-state index contributed by atoms with van der Waals surface area (Å²) < 4.78 is 43.0. The Bertz CT molecular complexity index is 2580. The van der Waals surface area contributed by atoms with Crippen molar-refractivity contribution in [1.29, 1.82) is 0 Å². The Morgan fingerprint density at radius 2 is 1.05 bits per heavy atom. The van der Waals surface area contributed by atoms with E-state index in [-0.39, 0.29) is 51.5 Å². The van der Waals surface area contributed by atoms with Crippen LogP contribution in [0.4, 0.5) is 0 Å². The first-order valence-corrected chi connectivity index (χ1v) is 19.8. The maximum absolute atomic E-state index is 14.0. The molecule has 0 amide bonds.